The van der Waals surface area contributed by atoms with Gasteiger partial charge in [-0.15, -0.1) is 0 Å². The number of hydrogen-bond donors (Lipinski definition) is 2. The molecule has 0 fully saturated rings. The van der Waals surface area contributed by atoms with Crippen LogP contribution in [-0.4, -0.2) is 18.1 Å². The zero-order valence-corrected chi connectivity index (χ0v) is 11.6. The summed E-state index contributed by atoms with van der Waals surface area (Å²) < 4.78 is 0. The van der Waals surface area contributed by atoms with Crippen LogP contribution in [0.2, 0.25) is 0 Å². The number of thiocarbonyl (C=S) groups is 1. The molecule has 1 heterocycles. The molecular weight excluding hydrogens is 246 g/mol. The summed E-state index contributed by atoms with van der Waals surface area (Å²) in [4.78, 5) is 13.6. The highest BCUT2D eigenvalue weighted by atomic mass is 32.1. The van der Waals surface area contributed by atoms with Crippen LogP contribution in [0.3, 0.4) is 0 Å². The van der Waals surface area contributed by atoms with Crippen LogP contribution in [0.15, 0.2) is 18.2 Å². The molecule has 4 nitrogen and oxygen atoms in total. The highest BCUT2D eigenvalue weighted by molar-refractivity contribution is 7.80. The number of anilines is 2. The zero-order chi connectivity index (χ0) is 13.5. The maximum atomic E-state index is 11.9. The maximum Gasteiger partial charge on any atom is 0.227 e. The number of benzene rings is 1. The van der Waals surface area contributed by atoms with E-state index >= 15 is 0 Å². The van der Waals surface area contributed by atoms with Gasteiger partial charge in [-0.3, -0.25) is 4.79 Å². The first kappa shape index (κ1) is 12.8. The number of nitrogens with two attached hydrogens (primary N) is 1. The third-order valence-electron chi connectivity index (χ3n) is 3.32. The smallest absolute Gasteiger partial charge is 0.227 e. The molecule has 1 aromatic carbocycles. The lowest BCUT2D eigenvalue weighted by Crippen LogP contribution is -2.39. The molecule has 0 spiro atoms. The summed E-state index contributed by atoms with van der Waals surface area (Å²) in [6.07, 6.45) is 0.507. The third-order valence-corrected chi connectivity index (χ3v) is 3.42. The van der Waals surface area contributed by atoms with Crippen molar-refractivity contribution in [2.75, 3.05) is 17.3 Å². The number of amides is 1. The van der Waals surface area contributed by atoms with Crippen LogP contribution in [0.25, 0.3) is 0 Å². The van der Waals surface area contributed by atoms with Gasteiger partial charge in [0.1, 0.15) is 0 Å². The molecule has 0 unspecified atom stereocenters. The van der Waals surface area contributed by atoms with Crippen LogP contribution < -0.4 is 16.0 Å². The molecule has 0 atom stereocenters. The maximum absolute atomic E-state index is 11.9. The van der Waals surface area contributed by atoms with Crippen molar-refractivity contribution in [3.63, 3.8) is 0 Å². The van der Waals surface area contributed by atoms with Crippen molar-refractivity contribution in [2.45, 2.75) is 25.7 Å². The average molecular weight is 263 g/mol. The summed E-state index contributed by atoms with van der Waals surface area (Å²) in [5.74, 6) is 0.141. The van der Waals surface area contributed by atoms with E-state index in [0.29, 0.717) is 6.42 Å². The number of fused-ring (bicyclic) bond motifs is 1. The first-order valence-electron chi connectivity index (χ1n) is 5.79. The molecule has 2 rings (SSSR count). The minimum Gasteiger partial charge on any atom is -0.376 e. The molecule has 0 radical (unpaired) electrons. The quantitative estimate of drug-likeness (QED) is 0.761. The van der Waals surface area contributed by atoms with Crippen molar-refractivity contribution >= 4 is 34.6 Å². The predicted molar refractivity (Wildman–Crippen MR) is 77.9 cm³/mol. The molecule has 18 heavy (non-hydrogen) atoms. The number of nitrogens with one attached hydrogen (secondary N) is 1. The Morgan fingerprint density at radius 1 is 1.50 bits per heavy atom. The number of rotatable bonds is 1. The predicted octanol–water partition coefficient (Wildman–Crippen LogP) is 1.99. The summed E-state index contributed by atoms with van der Waals surface area (Å²) in [6.45, 7) is 4.14. The molecule has 5 heteroatoms. The summed E-state index contributed by atoms with van der Waals surface area (Å²) in [7, 11) is 1.80. The van der Waals surface area contributed by atoms with Crippen LogP contribution in [-0.2, 0) is 10.2 Å². The molecule has 1 aromatic rings. The van der Waals surface area contributed by atoms with Gasteiger partial charge < -0.3 is 16.0 Å². The topological polar surface area (TPSA) is 58.4 Å². The number of carbonyl (C=O) groups excluding carboxylic acids is 1. The Morgan fingerprint density at radius 3 is 2.78 bits per heavy atom. The number of hydrogen-bond acceptors (Lipinski definition) is 2. The summed E-state index contributed by atoms with van der Waals surface area (Å²) in [6, 6.07) is 5.81. The minimum atomic E-state index is -0.174. The number of nitrogens with zero attached hydrogens (tertiary/aromatic N) is 1. The summed E-state index contributed by atoms with van der Waals surface area (Å²) in [5.41, 5.74) is 8.24. The largest absolute Gasteiger partial charge is 0.376 e. The van der Waals surface area contributed by atoms with Gasteiger partial charge in [0.05, 0.1) is 0 Å². The fourth-order valence-corrected chi connectivity index (χ4v) is 2.43. The molecule has 1 aliphatic heterocycles. The van der Waals surface area contributed by atoms with E-state index in [1.165, 1.54) is 0 Å². The molecule has 1 amide bonds. The fourth-order valence-electron chi connectivity index (χ4n) is 2.32. The molecule has 0 saturated heterocycles. The van der Waals surface area contributed by atoms with E-state index in [1.54, 1.807) is 11.9 Å². The van der Waals surface area contributed by atoms with E-state index in [1.807, 2.05) is 18.2 Å². The van der Waals surface area contributed by atoms with E-state index in [-0.39, 0.29) is 16.4 Å². The number of carbonyl (C=O) groups is 1. The van der Waals surface area contributed by atoms with Crippen LogP contribution in [0.5, 0.6) is 0 Å². The Labute approximate surface area is 112 Å². The fraction of sp³-hybridized carbons (Fsp3) is 0.385. The lowest BCUT2D eigenvalue weighted by Gasteiger charge is -2.37. The van der Waals surface area contributed by atoms with E-state index in [0.717, 1.165) is 16.9 Å². The van der Waals surface area contributed by atoms with Gasteiger partial charge in [0.2, 0.25) is 5.91 Å². The van der Waals surface area contributed by atoms with E-state index in [4.69, 9.17) is 18.0 Å². The standard InChI is InChI=1S/C13H17N3OS/c1-13(2)7-11(17)16(3)10-5-4-8(6-9(10)13)15-12(14)18/h4-6H,7H2,1-3H3,(H3,14,15,18). The Hall–Kier alpha value is -1.62. The molecule has 0 aliphatic carbocycles. The Morgan fingerprint density at radius 2 is 2.17 bits per heavy atom. The monoisotopic (exact) mass is 263 g/mol. The average Bonchev–Trinajstić information content (AvgIpc) is 2.25. The normalized spacial score (nSPS) is 17.3. The first-order valence-corrected chi connectivity index (χ1v) is 6.19. The Balaban J connectivity index is 2.50. The van der Waals surface area contributed by atoms with E-state index < -0.39 is 0 Å². The second-order valence-electron chi connectivity index (χ2n) is 5.23. The molecular formula is C13H17N3OS. The van der Waals surface area contributed by atoms with Crippen LogP contribution in [0.4, 0.5) is 11.4 Å². The van der Waals surface area contributed by atoms with Crippen molar-refractivity contribution < 1.29 is 4.79 Å². The van der Waals surface area contributed by atoms with Crippen molar-refractivity contribution in [3.05, 3.63) is 23.8 Å². The molecule has 0 aromatic heterocycles. The van der Waals surface area contributed by atoms with Gasteiger partial charge in [0, 0.05) is 30.3 Å². The van der Waals surface area contributed by atoms with Crippen LogP contribution >= 0.6 is 12.2 Å². The Kier molecular flexibility index (Phi) is 3.02. The SMILES string of the molecule is CN1C(=O)CC(C)(C)c2cc(NC(N)=S)ccc21. The van der Waals surface area contributed by atoms with Crippen molar-refractivity contribution in [3.8, 4) is 0 Å². The van der Waals surface area contributed by atoms with Crippen molar-refractivity contribution in [1.29, 1.82) is 0 Å². The van der Waals surface area contributed by atoms with E-state index in [2.05, 4.69) is 19.2 Å². The molecule has 0 bridgehead atoms. The Bertz CT molecular complexity index is 525. The summed E-state index contributed by atoms with van der Waals surface area (Å²) in [5, 5.41) is 3.17. The lowest BCUT2D eigenvalue weighted by molar-refractivity contribution is -0.119. The molecule has 96 valence electrons. The summed E-state index contributed by atoms with van der Waals surface area (Å²) >= 11 is 4.83. The second kappa shape index (κ2) is 4.24. The van der Waals surface area contributed by atoms with Crippen molar-refractivity contribution in [2.24, 2.45) is 5.73 Å². The third kappa shape index (κ3) is 2.18. The van der Waals surface area contributed by atoms with Gasteiger partial charge in [-0.1, -0.05) is 13.8 Å². The van der Waals surface area contributed by atoms with Gasteiger partial charge in [-0.05, 0) is 36.0 Å². The van der Waals surface area contributed by atoms with Gasteiger partial charge in [-0.2, -0.15) is 0 Å². The molecule has 1 aliphatic rings. The lowest BCUT2D eigenvalue weighted by atomic mass is 9.77. The van der Waals surface area contributed by atoms with E-state index in [9.17, 15) is 4.79 Å². The molecule has 3 N–H and O–H groups in total. The first-order chi connectivity index (χ1) is 8.31. The van der Waals surface area contributed by atoms with Gasteiger partial charge in [-0.25, -0.2) is 0 Å². The van der Waals surface area contributed by atoms with Gasteiger partial charge in [0.25, 0.3) is 0 Å². The van der Waals surface area contributed by atoms with Crippen LogP contribution in [0, 0.1) is 0 Å². The zero-order valence-electron chi connectivity index (χ0n) is 10.8. The minimum absolute atomic E-state index is 0.141. The highest BCUT2D eigenvalue weighted by Gasteiger charge is 2.35. The van der Waals surface area contributed by atoms with Gasteiger partial charge >= 0.3 is 0 Å². The second-order valence-corrected chi connectivity index (χ2v) is 5.67. The van der Waals surface area contributed by atoms with Crippen LogP contribution in [0.1, 0.15) is 25.8 Å². The highest BCUT2D eigenvalue weighted by Crippen LogP contribution is 2.40. The molecule has 0 saturated carbocycles. The van der Waals surface area contributed by atoms with Gasteiger partial charge in [0.15, 0.2) is 5.11 Å². The van der Waals surface area contributed by atoms with Crippen molar-refractivity contribution in [1.82, 2.24) is 0 Å².